The number of rotatable bonds is 5. The van der Waals surface area contributed by atoms with E-state index in [1.165, 1.54) is 32.4 Å². The molecular weight excluding hydrogens is 148 g/mol. The number of nitrogens with zero attached hydrogens (tertiary/aromatic N) is 1. The zero-order chi connectivity index (χ0) is 8.97. The Hall–Kier alpha value is -0.0800. The van der Waals surface area contributed by atoms with E-state index < -0.39 is 0 Å². The van der Waals surface area contributed by atoms with Crippen LogP contribution in [0, 0.1) is 5.92 Å². The number of nitrogens with two attached hydrogens (primary N) is 1. The lowest BCUT2D eigenvalue weighted by atomic mass is 9.97. The Labute approximate surface area is 76.1 Å². The second-order valence-corrected chi connectivity index (χ2v) is 4.09. The molecule has 0 radical (unpaired) electrons. The molecule has 1 rings (SSSR count). The van der Waals surface area contributed by atoms with Gasteiger partial charge in [-0.3, -0.25) is 4.90 Å². The summed E-state index contributed by atoms with van der Waals surface area (Å²) in [6, 6.07) is 0.668. The van der Waals surface area contributed by atoms with Crippen molar-refractivity contribution in [2.75, 3.05) is 19.6 Å². The van der Waals surface area contributed by atoms with E-state index in [1.54, 1.807) is 0 Å². The van der Waals surface area contributed by atoms with Crippen molar-refractivity contribution in [3.8, 4) is 0 Å². The van der Waals surface area contributed by atoms with Crippen LogP contribution in [0.15, 0.2) is 0 Å². The Morgan fingerprint density at radius 2 is 2.17 bits per heavy atom. The van der Waals surface area contributed by atoms with Crippen molar-refractivity contribution in [2.45, 2.75) is 39.2 Å². The fourth-order valence-electron chi connectivity index (χ4n) is 1.93. The van der Waals surface area contributed by atoms with Gasteiger partial charge in [-0.05, 0) is 12.3 Å². The molecule has 2 nitrogen and oxygen atoms in total. The lowest BCUT2D eigenvalue weighted by Gasteiger charge is -2.42. The average Bonchev–Trinajstić information content (AvgIpc) is 2.02. The van der Waals surface area contributed by atoms with Crippen LogP contribution in [0.3, 0.4) is 0 Å². The molecule has 2 heteroatoms. The third-order valence-electron chi connectivity index (χ3n) is 2.77. The predicted molar refractivity (Wildman–Crippen MR) is 53.1 cm³/mol. The van der Waals surface area contributed by atoms with Gasteiger partial charge in [-0.2, -0.15) is 0 Å². The van der Waals surface area contributed by atoms with Crippen LogP contribution in [-0.2, 0) is 0 Å². The Morgan fingerprint density at radius 3 is 2.58 bits per heavy atom. The van der Waals surface area contributed by atoms with Gasteiger partial charge in [0, 0.05) is 25.7 Å². The van der Waals surface area contributed by atoms with Gasteiger partial charge in [0.1, 0.15) is 0 Å². The van der Waals surface area contributed by atoms with E-state index in [0.29, 0.717) is 6.04 Å². The summed E-state index contributed by atoms with van der Waals surface area (Å²) >= 11 is 0. The van der Waals surface area contributed by atoms with Crippen LogP contribution in [0.25, 0.3) is 0 Å². The van der Waals surface area contributed by atoms with Crippen molar-refractivity contribution in [1.29, 1.82) is 0 Å². The molecule has 1 atom stereocenters. The first kappa shape index (κ1) is 10.0. The molecule has 0 saturated carbocycles. The highest BCUT2D eigenvalue weighted by Gasteiger charge is 2.27. The third-order valence-corrected chi connectivity index (χ3v) is 2.77. The monoisotopic (exact) mass is 170 g/mol. The number of hydrogen-bond donors (Lipinski definition) is 1. The summed E-state index contributed by atoms with van der Waals surface area (Å²) in [6.07, 6.45) is 3.91. The van der Waals surface area contributed by atoms with Crippen LogP contribution in [0.2, 0.25) is 0 Å². The van der Waals surface area contributed by atoms with Crippen molar-refractivity contribution in [3.05, 3.63) is 0 Å². The van der Waals surface area contributed by atoms with E-state index >= 15 is 0 Å². The molecule has 1 aliphatic heterocycles. The summed E-state index contributed by atoms with van der Waals surface area (Å²) in [7, 11) is 0. The second-order valence-electron chi connectivity index (χ2n) is 4.09. The van der Waals surface area contributed by atoms with Gasteiger partial charge in [0.05, 0.1) is 0 Å². The van der Waals surface area contributed by atoms with Crippen LogP contribution >= 0.6 is 0 Å². The Morgan fingerprint density at radius 1 is 1.50 bits per heavy atom. The lowest BCUT2D eigenvalue weighted by Crippen LogP contribution is -2.53. The van der Waals surface area contributed by atoms with Crippen LogP contribution in [0.4, 0.5) is 0 Å². The van der Waals surface area contributed by atoms with E-state index in [1.807, 2.05) is 0 Å². The quantitative estimate of drug-likeness (QED) is 0.677. The maximum Gasteiger partial charge on any atom is 0.0218 e. The predicted octanol–water partition coefficient (Wildman–Crippen LogP) is 1.46. The van der Waals surface area contributed by atoms with Gasteiger partial charge in [0.25, 0.3) is 0 Å². The highest BCUT2D eigenvalue weighted by atomic mass is 15.2. The van der Waals surface area contributed by atoms with Crippen molar-refractivity contribution in [2.24, 2.45) is 11.7 Å². The van der Waals surface area contributed by atoms with Gasteiger partial charge in [-0.1, -0.05) is 26.7 Å². The van der Waals surface area contributed by atoms with Crippen LogP contribution in [0.5, 0.6) is 0 Å². The Balaban J connectivity index is 2.16. The van der Waals surface area contributed by atoms with E-state index in [9.17, 15) is 0 Å². The molecule has 0 aromatic heterocycles. The lowest BCUT2D eigenvalue weighted by molar-refractivity contribution is 0.0608. The molecule has 0 spiro atoms. The van der Waals surface area contributed by atoms with Crippen molar-refractivity contribution < 1.29 is 0 Å². The van der Waals surface area contributed by atoms with Gasteiger partial charge in [0.15, 0.2) is 0 Å². The maximum absolute atomic E-state index is 5.73. The molecule has 1 unspecified atom stereocenters. The van der Waals surface area contributed by atoms with Crippen LogP contribution < -0.4 is 5.73 Å². The van der Waals surface area contributed by atoms with Crippen molar-refractivity contribution >= 4 is 0 Å². The molecule has 0 aliphatic carbocycles. The molecule has 12 heavy (non-hydrogen) atoms. The minimum absolute atomic E-state index is 0.668. The summed E-state index contributed by atoms with van der Waals surface area (Å²) < 4.78 is 0. The molecule has 1 heterocycles. The largest absolute Gasteiger partial charge is 0.329 e. The van der Waals surface area contributed by atoms with Crippen LogP contribution in [-0.4, -0.2) is 30.6 Å². The highest BCUT2D eigenvalue weighted by Crippen LogP contribution is 2.19. The maximum atomic E-state index is 5.73. The molecule has 0 aromatic carbocycles. The SMILES string of the molecule is CCCCC(CN)N1CC(C)C1. The number of likely N-dealkylation sites (tertiary alicyclic amines) is 1. The Kier molecular flexibility index (Phi) is 4.02. The molecule has 1 fully saturated rings. The van der Waals surface area contributed by atoms with E-state index in [4.69, 9.17) is 5.73 Å². The first-order valence-electron chi connectivity index (χ1n) is 5.22. The fourth-order valence-corrected chi connectivity index (χ4v) is 1.93. The molecule has 2 N–H and O–H groups in total. The molecule has 0 bridgehead atoms. The first-order valence-corrected chi connectivity index (χ1v) is 5.22. The summed E-state index contributed by atoms with van der Waals surface area (Å²) in [5, 5.41) is 0. The standard InChI is InChI=1S/C10H22N2/c1-3-4-5-10(6-11)12-7-9(2)8-12/h9-10H,3-8,11H2,1-2H3. The highest BCUT2D eigenvalue weighted by molar-refractivity contribution is 4.83. The molecule has 1 saturated heterocycles. The minimum Gasteiger partial charge on any atom is -0.329 e. The van der Waals surface area contributed by atoms with E-state index in [0.717, 1.165) is 12.5 Å². The topological polar surface area (TPSA) is 29.3 Å². The second kappa shape index (κ2) is 4.83. The van der Waals surface area contributed by atoms with Crippen molar-refractivity contribution in [3.63, 3.8) is 0 Å². The first-order chi connectivity index (χ1) is 5.77. The smallest absolute Gasteiger partial charge is 0.0218 e. The summed E-state index contributed by atoms with van der Waals surface area (Å²) in [6.45, 7) is 7.93. The van der Waals surface area contributed by atoms with E-state index in [2.05, 4.69) is 18.7 Å². The molecule has 0 amide bonds. The normalized spacial score (nSPS) is 22.2. The molecule has 0 aromatic rings. The third kappa shape index (κ3) is 2.46. The van der Waals surface area contributed by atoms with Gasteiger partial charge >= 0.3 is 0 Å². The molecule has 72 valence electrons. The summed E-state index contributed by atoms with van der Waals surface area (Å²) in [5.41, 5.74) is 5.73. The molecular formula is C10H22N2. The Bertz CT molecular complexity index is 119. The molecule has 1 aliphatic rings. The summed E-state index contributed by atoms with van der Waals surface area (Å²) in [4.78, 5) is 2.53. The minimum atomic E-state index is 0.668. The zero-order valence-corrected chi connectivity index (χ0v) is 8.42. The number of hydrogen-bond acceptors (Lipinski definition) is 2. The van der Waals surface area contributed by atoms with Gasteiger partial charge < -0.3 is 5.73 Å². The van der Waals surface area contributed by atoms with Gasteiger partial charge in [-0.15, -0.1) is 0 Å². The fraction of sp³-hybridized carbons (Fsp3) is 1.00. The van der Waals surface area contributed by atoms with Crippen LogP contribution in [0.1, 0.15) is 33.1 Å². The summed E-state index contributed by atoms with van der Waals surface area (Å²) in [5.74, 6) is 0.903. The number of unbranched alkanes of at least 4 members (excludes halogenated alkanes) is 1. The van der Waals surface area contributed by atoms with Gasteiger partial charge in [-0.25, -0.2) is 0 Å². The van der Waals surface area contributed by atoms with E-state index in [-0.39, 0.29) is 0 Å². The van der Waals surface area contributed by atoms with Crippen molar-refractivity contribution in [1.82, 2.24) is 4.90 Å². The van der Waals surface area contributed by atoms with Gasteiger partial charge in [0.2, 0.25) is 0 Å². The average molecular weight is 170 g/mol. The zero-order valence-electron chi connectivity index (χ0n) is 8.42.